The number of anilines is 2. The predicted molar refractivity (Wildman–Crippen MR) is 286 cm³/mol. The van der Waals surface area contributed by atoms with E-state index in [0.29, 0.717) is 36.0 Å². The summed E-state index contributed by atoms with van der Waals surface area (Å²) in [5.41, 5.74) is 1.92. The van der Waals surface area contributed by atoms with Crippen LogP contribution in [-0.2, 0) is 19.3 Å². The molecular formula is C58H54F5N9O4S. The third kappa shape index (κ3) is 10.3. The number of aromatic nitrogens is 5. The zero-order chi connectivity index (χ0) is 53.4. The van der Waals surface area contributed by atoms with Gasteiger partial charge in [0, 0.05) is 37.2 Å². The number of fused-ring (bicyclic) bond motifs is 1. The molecule has 4 aromatic carbocycles. The van der Waals surface area contributed by atoms with E-state index in [1.54, 1.807) is 44.0 Å². The normalized spacial score (nSPS) is 17.6. The van der Waals surface area contributed by atoms with E-state index in [4.69, 9.17) is 38.9 Å². The fraction of sp³-hybridized carbons (Fsp3) is 0.310. The smallest absolute Gasteiger partial charge is 0.418 e. The summed E-state index contributed by atoms with van der Waals surface area (Å²) >= 11 is 1.38. The maximum atomic E-state index is 18.2. The highest BCUT2D eigenvalue weighted by atomic mass is 32.1. The number of hydrogen-bond acceptors (Lipinski definition) is 14. The fourth-order valence-corrected chi connectivity index (χ4v) is 11.6. The summed E-state index contributed by atoms with van der Waals surface area (Å²) in [4.78, 5) is 35.4. The summed E-state index contributed by atoms with van der Waals surface area (Å²) in [5.74, 6) is 0.640. The average Bonchev–Trinajstić information content (AvgIpc) is 4.25. The first kappa shape index (κ1) is 51.3. The van der Waals surface area contributed by atoms with Crippen LogP contribution >= 0.6 is 11.3 Å². The van der Waals surface area contributed by atoms with Crippen molar-refractivity contribution in [1.29, 1.82) is 0 Å². The zero-order valence-corrected chi connectivity index (χ0v) is 43.5. The molecule has 7 heterocycles. The topological polar surface area (TPSA) is 123 Å². The van der Waals surface area contributed by atoms with Crippen molar-refractivity contribution in [1.82, 2.24) is 29.8 Å². The molecule has 0 aliphatic carbocycles. The average molecular weight is 1070 g/mol. The molecule has 396 valence electrons. The molecule has 1 unspecified atom stereocenters. The molecule has 0 N–H and O–H groups in total. The highest BCUT2D eigenvalue weighted by molar-refractivity contribution is 7.10. The Bertz CT molecular complexity index is 3350. The van der Waals surface area contributed by atoms with Gasteiger partial charge in [-0.05, 0) is 80.3 Å². The molecule has 77 heavy (non-hydrogen) atoms. The van der Waals surface area contributed by atoms with Gasteiger partial charge in [-0.25, -0.2) is 28.7 Å². The minimum atomic E-state index is -5.00. The molecule has 0 amide bonds. The number of hydrogen-bond donors (Lipinski definition) is 0. The van der Waals surface area contributed by atoms with E-state index in [1.165, 1.54) is 24.3 Å². The van der Waals surface area contributed by atoms with E-state index in [9.17, 15) is 0 Å². The van der Waals surface area contributed by atoms with Crippen LogP contribution in [0.25, 0.3) is 22.3 Å². The number of benzene rings is 4. The maximum absolute atomic E-state index is 18.2. The number of pyridine rings is 2. The molecule has 0 saturated carbocycles. The van der Waals surface area contributed by atoms with Crippen LogP contribution in [0.3, 0.4) is 0 Å². The first-order valence-electron chi connectivity index (χ1n) is 25.3. The van der Waals surface area contributed by atoms with Gasteiger partial charge in [0.05, 0.1) is 54.0 Å². The van der Waals surface area contributed by atoms with Crippen molar-refractivity contribution in [2.45, 2.75) is 70.1 Å². The van der Waals surface area contributed by atoms with Crippen molar-refractivity contribution in [2.24, 2.45) is 4.99 Å². The zero-order valence-electron chi connectivity index (χ0n) is 42.7. The van der Waals surface area contributed by atoms with Crippen molar-refractivity contribution >= 4 is 45.4 Å². The molecule has 0 radical (unpaired) electrons. The Morgan fingerprint density at radius 3 is 2.13 bits per heavy atom. The number of methoxy groups -OCH3 is 2. The van der Waals surface area contributed by atoms with Gasteiger partial charge in [0.1, 0.15) is 64.8 Å². The Kier molecular flexibility index (Phi) is 14.2. The van der Waals surface area contributed by atoms with Crippen molar-refractivity contribution in [2.75, 3.05) is 56.9 Å². The molecule has 0 spiro atoms. The number of ether oxygens (including phenoxy) is 4. The molecule has 19 heteroatoms. The SMILES string of the molecule is COc1ccc(CN(Cc2ccc(OC)cc2)c2cc(C)c(C(F)(F)F)c(-c3nc4c5c(nc(OC[C@@]67CCCN6C[C@H](F)C7)nc5c3F)N(C(C)c3scnc3N=C(c3ccccc3)c3ccccc3)CCO4)n2)cc1. The lowest BCUT2D eigenvalue weighted by Crippen LogP contribution is -2.43. The van der Waals surface area contributed by atoms with E-state index in [0.717, 1.165) is 33.6 Å². The van der Waals surface area contributed by atoms with Gasteiger partial charge in [0.25, 0.3) is 0 Å². The number of rotatable bonds is 16. The summed E-state index contributed by atoms with van der Waals surface area (Å²) in [6.45, 7) is 4.78. The van der Waals surface area contributed by atoms with Gasteiger partial charge in [-0.1, -0.05) is 84.9 Å². The molecule has 3 atom stereocenters. The number of alkyl halides is 4. The van der Waals surface area contributed by atoms with Crippen LogP contribution < -0.4 is 28.7 Å². The number of thiazole rings is 1. The van der Waals surface area contributed by atoms with Crippen LogP contribution in [0.2, 0.25) is 0 Å². The standard InChI is InChI=1S/C58H54F5N9O4S/c1-35-28-44(70(30-37-16-20-42(73-3)21-17-37)31-38-18-22-43(74-4)23-19-38)65-50(46(35)58(61,62)63)51-47(60)49-45-54(69-56(68-49)76-33-57-24-11-25-71(57)32-41(59)29-57)72(26-27-75-55(45)67-51)36(2)52-53(64-34-77-52)66-48(39-12-7-5-8-13-39)40-14-9-6-10-15-40/h5-10,12-23,28,34,36,41H,11,24-27,29-33H2,1-4H3/t36?,41-,57+/m1/s1. The Balaban J connectivity index is 1.06. The van der Waals surface area contributed by atoms with E-state index in [1.807, 2.05) is 102 Å². The van der Waals surface area contributed by atoms with Crippen LogP contribution in [0.1, 0.15) is 70.5 Å². The third-order valence-corrected chi connectivity index (χ3v) is 15.6. The van der Waals surface area contributed by atoms with E-state index >= 15 is 22.0 Å². The van der Waals surface area contributed by atoms with Gasteiger partial charge >= 0.3 is 12.2 Å². The number of nitrogens with zero attached hydrogens (tertiary/aromatic N) is 9. The molecule has 8 aromatic rings. The van der Waals surface area contributed by atoms with Crippen LogP contribution in [0, 0.1) is 12.7 Å². The molecule has 2 saturated heterocycles. The fourth-order valence-electron chi connectivity index (χ4n) is 10.8. The first-order valence-corrected chi connectivity index (χ1v) is 26.2. The van der Waals surface area contributed by atoms with Crippen LogP contribution in [0.15, 0.2) is 126 Å². The molecule has 0 bridgehead atoms. The third-order valence-electron chi connectivity index (χ3n) is 14.6. The summed E-state index contributed by atoms with van der Waals surface area (Å²) in [7, 11) is 3.12. The Morgan fingerprint density at radius 1 is 0.857 bits per heavy atom. The van der Waals surface area contributed by atoms with Gasteiger partial charge in [-0.3, -0.25) is 4.90 Å². The minimum absolute atomic E-state index is 0.00549. The molecule has 2 fully saturated rings. The summed E-state index contributed by atoms with van der Waals surface area (Å²) in [6, 6.07) is 34.8. The van der Waals surface area contributed by atoms with Crippen LogP contribution in [-0.4, -0.2) is 94.3 Å². The van der Waals surface area contributed by atoms with Gasteiger partial charge in [0.2, 0.25) is 5.88 Å². The Morgan fingerprint density at radius 2 is 1.51 bits per heavy atom. The highest BCUT2D eigenvalue weighted by Gasteiger charge is 2.49. The van der Waals surface area contributed by atoms with Crippen molar-refractivity contribution in [3.8, 4) is 34.8 Å². The minimum Gasteiger partial charge on any atom is -0.497 e. The van der Waals surface area contributed by atoms with Crippen molar-refractivity contribution < 1.29 is 40.9 Å². The second kappa shape index (κ2) is 21.3. The molecule has 4 aromatic heterocycles. The Hall–Kier alpha value is -7.77. The lowest BCUT2D eigenvalue weighted by molar-refractivity contribution is -0.137. The quantitative estimate of drug-likeness (QED) is 0.0676. The predicted octanol–water partition coefficient (Wildman–Crippen LogP) is 12.3. The lowest BCUT2D eigenvalue weighted by atomic mass is 9.95. The van der Waals surface area contributed by atoms with E-state index < -0.39 is 46.7 Å². The number of aliphatic imine (C=N–C) groups is 1. The molecule has 13 nitrogen and oxygen atoms in total. The van der Waals surface area contributed by atoms with Crippen molar-refractivity contribution in [3.05, 3.63) is 165 Å². The van der Waals surface area contributed by atoms with Crippen molar-refractivity contribution in [3.63, 3.8) is 0 Å². The van der Waals surface area contributed by atoms with Gasteiger partial charge < -0.3 is 28.7 Å². The van der Waals surface area contributed by atoms with Gasteiger partial charge in [0.15, 0.2) is 11.6 Å². The summed E-state index contributed by atoms with van der Waals surface area (Å²) in [5, 5.41) is 0.0270. The monoisotopic (exact) mass is 1070 g/mol. The number of aryl methyl sites for hydroxylation is 1. The van der Waals surface area contributed by atoms with Gasteiger partial charge in [-0.15, -0.1) is 11.3 Å². The second-order valence-corrected chi connectivity index (χ2v) is 20.4. The second-order valence-electron chi connectivity index (χ2n) is 19.5. The molecule has 11 rings (SSSR count). The number of halogens is 5. The molecule has 3 aliphatic heterocycles. The van der Waals surface area contributed by atoms with E-state index in [2.05, 4.69) is 14.9 Å². The Labute approximate surface area is 446 Å². The van der Waals surface area contributed by atoms with Gasteiger partial charge in [-0.2, -0.15) is 23.1 Å². The highest BCUT2D eigenvalue weighted by Crippen LogP contribution is 2.47. The first-order chi connectivity index (χ1) is 37.3. The van der Waals surface area contributed by atoms with Crippen LogP contribution in [0.5, 0.6) is 23.4 Å². The van der Waals surface area contributed by atoms with E-state index in [-0.39, 0.29) is 85.8 Å². The maximum Gasteiger partial charge on any atom is 0.418 e. The summed E-state index contributed by atoms with van der Waals surface area (Å²) in [6.07, 6.45) is -4.29. The molecular weight excluding hydrogens is 1010 g/mol. The lowest BCUT2D eigenvalue weighted by Gasteiger charge is -2.31. The largest absolute Gasteiger partial charge is 0.497 e. The van der Waals surface area contributed by atoms with Crippen LogP contribution in [0.4, 0.5) is 39.4 Å². The molecule has 3 aliphatic rings. The summed E-state index contributed by atoms with van der Waals surface area (Å²) < 4.78 is 104.